The molecule has 1 heterocycles. The Kier molecular flexibility index (Phi) is 7.44. The van der Waals surface area contributed by atoms with Crippen molar-refractivity contribution < 1.29 is 18.8 Å². The van der Waals surface area contributed by atoms with Crippen LogP contribution in [0.15, 0.2) is 77.3 Å². The fraction of sp³-hybridized carbons (Fsp3) is 0.179. The van der Waals surface area contributed by atoms with Crippen LogP contribution >= 0.6 is 0 Å². The molecule has 0 spiro atoms. The lowest BCUT2D eigenvalue weighted by Crippen LogP contribution is -2.14. The highest BCUT2D eigenvalue weighted by Crippen LogP contribution is 2.22. The molecule has 0 saturated carbocycles. The number of aromatic nitrogens is 1. The summed E-state index contributed by atoms with van der Waals surface area (Å²) in [5.74, 6) is 1.85. The molecule has 4 aromatic rings. The normalized spacial score (nSPS) is 10.4. The molecule has 4 rings (SSSR count). The van der Waals surface area contributed by atoms with Gasteiger partial charge >= 0.3 is 0 Å². The Hall–Kier alpha value is -4.57. The zero-order valence-corrected chi connectivity index (χ0v) is 19.6. The quantitative estimate of drug-likeness (QED) is 0.336. The molecule has 0 aliphatic rings. The molecule has 0 saturated heterocycles. The Morgan fingerprint density at radius 3 is 2.26 bits per heavy atom. The lowest BCUT2D eigenvalue weighted by atomic mass is 10.1. The molecule has 0 aliphatic heterocycles. The molecule has 0 bridgehead atoms. The highest BCUT2D eigenvalue weighted by Gasteiger charge is 2.12. The molecular formula is C28H25N3O4. The van der Waals surface area contributed by atoms with E-state index in [9.17, 15) is 4.79 Å². The number of benzene rings is 3. The van der Waals surface area contributed by atoms with Crippen LogP contribution in [0, 0.1) is 25.2 Å². The summed E-state index contributed by atoms with van der Waals surface area (Å²) in [6.45, 7) is 4.36. The summed E-state index contributed by atoms with van der Waals surface area (Å²) in [6, 6.07) is 24.0. The standard InChI is InChI=1S/C28H25N3O4/c1-19-26(20(2)35-31-19)18-34-25-13-9-22(10-14-25)28(32)30-27-6-4-3-5-23(27)17-33-24-11-7-21(8-12-24)15-16-29/h3-14H,15,17-18H2,1-2H3,(H,30,32). The van der Waals surface area contributed by atoms with Crippen LogP contribution in [0.2, 0.25) is 0 Å². The molecule has 0 unspecified atom stereocenters. The zero-order chi connectivity index (χ0) is 24.6. The van der Waals surface area contributed by atoms with Gasteiger partial charge in [-0.25, -0.2) is 0 Å². The summed E-state index contributed by atoms with van der Waals surface area (Å²) >= 11 is 0. The summed E-state index contributed by atoms with van der Waals surface area (Å²) in [5, 5.41) is 15.7. The molecule has 176 valence electrons. The largest absolute Gasteiger partial charge is 0.489 e. The number of carbonyl (C=O) groups is 1. The fourth-order valence-electron chi connectivity index (χ4n) is 3.48. The number of hydrogen-bond acceptors (Lipinski definition) is 6. The Bertz CT molecular complexity index is 1320. The Morgan fingerprint density at radius 1 is 0.943 bits per heavy atom. The van der Waals surface area contributed by atoms with Crippen LogP contribution in [0.25, 0.3) is 0 Å². The number of carbonyl (C=O) groups excluding carboxylic acids is 1. The second-order valence-electron chi connectivity index (χ2n) is 7.99. The number of anilines is 1. The number of nitriles is 1. The highest BCUT2D eigenvalue weighted by atomic mass is 16.5. The molecular weight excluding hydrogens is 442 g/mol. The smallest absolute Gasteiger partial charge is 0.255 e. The van der Waals surface area contributed by atoms with Gasteiger partial charge in [-0.1, -0.05) is 35.5 Å². The maximum atomic E-state index is 12.8. The third-order valence-electron chi connectivity index (χ3n) is 5.55. The van der Waals surface area contributed by atoms with Crippen LogP contribution in [0.5, 0.6) is 11.5 Å². The first-order chi connectivity index (χ1) is 17.0. The lowest BCUT2D eigenvalue weighted by Gasteiger charge is -2.13. The van der Waals surface area contributed by atoms with Crippen molar-refractivity contribution in [2.75, 3.05) is 5.32 Å². The fourth-order valence-corrected chi connectivity index (χ4v) is 3.48. The van der Waals surface area contributed by atoms with Gasteiger partial charge in [0.15, 0.2) is 0 Å². The molecule has 1 aromatic heterocycles. The maximum absolute atomic E-state index is 12.8. The van der Waals surface area contributed by atoms with Crippen molar-refractivity contribution in [1.29, 1.82) is 5.26 Å². The summed E-state index contributed by atoms with van der Waals surface area (Å²) in [6.07, 6.45) is 0.365. The van der Waals surface area contributed by atoms with Crippen molar-refractivity contribution in [3.8, 4) is 17.6 Å². The number of ether oxygens (including phenoxy) is 2. The van der Waals surface area contributed by atoms with E-state index in [1.165, 1.54) is 0 Å². The number of hydrogen-bond donors (Lipinski definition) is 1. The van der Waals surface area contributed by atoms with Gasteiger partial charge in [0.25, 0.3) is 5.91 Å². The lowest BCUT2D eigenvalue weighted by molar-refractivity contribution is 0.102. The van der Waals surface area contributed by atoms with Crippen LogP contribution in [0.4, 0.5) is 5.69 Å². The molecule has 0 fully saturated rings. The first-order valence-electron chi connectivity index (χ1n) is 11.2. The van der Waals surface area contributed by atoms with E-state index in [1.54, 1.807) is 24.3 Å². The van der Waals surface area contributed by atoms with Crippen LogP contribution in [-0.4, -0.2) is 11.1 Å². The minimum absolute atomic E-state index is 0.226. The monoisotopic (exact) mass is 467 g/mol. The maximum Gasteiger partial charge on any atom is 0.255 e. The van der Waals surface area contributed by atoms with Gasteiger partial charge in [0.05, 0.1) is 23.7 Å². The van der Waals surface area contributed by atoms with Crippen molar-refractivity contribution in [1.82, 2.24) is 5.16 Å². The topological polar surface area (TPSA) is 97.4 Å². The van der Waals surface area contributed by atoms with E-state index in [0.717, 1.165) is 28.1 Å². The van der Waals surface area contributed by atoms with E-state index >= 15 is 0 Å². The average Bonchev–Trinajstić information content (AvgIpc) is 3.20. The minimum atomic E-state index is -0.226. The number of aryl methyl sites for hydroxylation is 2. The predicted molar refractivity (Wildman–Crippen MR) is 131 cm³/mol. The van der Waals surface area contributed by atoms with Gasteiger partial charge in [-0.3, -0.25) is 4.79 Å². The van der Waals surface area contributed by atoms with E-state index < -0.39 is 0 Å². The van der Waals surface area contributed by atoms with E-state index in [0.29, 0.717) is 42.4 Å². The van der Waals surface area contributed by atoms with Crippen molar-refractivity contribution >= 4 is 11.6 Å². The van der Waals surface area contributed by atoms with Crippen LogP contribution in [-0.2, 0) is 19.6 Å². The number of rotatable bonds is 9. The summed E-state index contributed by atoms with van der Waals surface area (Å²) in [4.78, 5) is 12.8. The molecule has 7 heteroatoms. The summed E-state index contributed by atoms with van der Waals surface area (Å²) in [5.41, 5.74) is 4.70. The predicted octanol–water partition coefficient (Wildman–Crippen LogP) is 5.77. The SMILES string of the molecule is Cc1noc(C)c1COc1ccc(C(=O)Nc2ccccc2COc2ccc(CC#N)cc2)cc1. The highest BCUT2D eigenvalue weighted by molar-refractivity contribution is 6.04. The zero-order valence-electron chi connectivity index (χ0n) is 19.6. The third-order valence-corrected chi connectivity index (χ3v) is 5.55. The van der Waals surface area contributed by atoms with Crippen molar-refractivity contribution in [3.05, 3.63) is 107 Å². The van der Waals surface area contributed by atoms with E-state index in [4.69, 9.17) is 19.3 Å². The third kappa shape index (κ3) is 6.06. The number of nitrogens with zero attached hydrogens (tertiary/aromatic N) is 2. The van der Waals surface area contributed by atoms with Gasteiger partial charge in [-0.05, 0) is 61.9 Å². The van der Waals surface area contributed by atoms with Crippen LogP contribution in [0.1, 0.15) is 38.5 Å². The Morgan fingerprint density at radius 2 is 1.60 bits per heavy atom. The van der Waals surface area contributed by atoms with Crippen molar-refractivity contribution in [3.63, 3.8) is 0 Å². The molecule has 3 aromatic carbocycles. The number of amides is 1. The molecule has 35 heavy (non-hydrogen) atoms. The average molecular weight is 468 g/mol. The van der Waals surface area contributed by atoms with Gasteiger partial charge in [-0.2, -0.15) is 5.26 Å². The van der Waals surface area contributed by atoms with Gasteiger partial charge in [0, 0.05) is 16.8 Å². The van der Waals surface area contributed by atoms with E-state index in [2.05, 4.69) is 16.5 Å². The molecule has 0 radical (unpaired) electrons. The Labute approximate surface area is 203 Å². The van der Waals surface area contributed by atoms with Crippen molar-refractivity contribution in [2.24, 2.45) is 0 Å². The molecule has 0 aliphatic carbocycles. The summed E-state index contributed by atoms with van der Waals surface area (Å²) in [7, 11) is 0. The number of nitrogens with one attached hydrogen (secondary N) is 1. The second kappa shape index (κ2) is 11.0. The minimum Gasteiger partial charge on any atom is -0.489 e. The van der Waals surface area contributed by atoms with Gasteiger partial charge in [0.1, 0.15) is 30.5 Å². The first kappa shape index (κ1) is 23.6. The second-order valence-corrected chi connectivity index (χ2v) is 7.99. The molecule has 7 nitrogen and oxygen atoms in total. The Balaban J connectivity index is 1.36. The summed E-state index contributed by atoms with van der Waals surface area (Å²) < 4.78 is 16.9. The first-order valence-corrected chi connectivity index (χ1v) is 11.2. The van der Waals surface area contributed by atoms with E-state index in [-0.39, 0.29) is 5.91 Å². The molecule has 1 amide bonds. The van der Waals surface area contributed by atoms with Crippen LogP contribution < -0.4 is 14.8 Å². The van der Waals surface area contributed by atoms with Gasteiger partial charge < -0.3 is 19.3 Å². The molecule has 0 atom stereocenters. The molecule has 1 N–H and O–H groups in total. The van der Waals surface area contributed by atoms with Crippen molar-refractivity contribution in [2.45, 2.75) is 33.5 Å². The van der Waals surface area contributed by atoms with Gasteiger partial charge in [0.2, 0.25) is 0 Å². The van der Waals surface area contributed by atoms with Gasteiger partial charge in [-0.15, -0.1) is 0 Å². The van der Waals surface area contributed by atoms with E-state index in [1.807, 2.05) is 62.4 Å². The number of para-hydroxylation sites is 1. The van der Waals surface area contributed by atoms with Crippen LogP contribution in [0.3, 0.4) is 0 Å².